The Balaban J connectivity index is 1.50. The Bertz CT molecular complexity index is 1380. The monoisotopic (exact) mass is 426 g/mol. The van der Waals surface area contributed by atoms with E-state index in [1.165, 1.54) is 24.8 Å². The number of hydrogen-bond acceptors (Lipinski definition) is 4. The van der Waals surface area contributed by atoms with Crippen LogP contribution in [-0.2, 0) is 5.41 Å². The van der Waals surface area contributed by atoms with Gasteiger partial charge in [-0.2, -0.15) is 0 Å². The van der Waals surface area contributed by atoms with Crippen molar-refractivity contribution in [3.05, 3.63) is 88.8 Å². The number of fused-ring (bicyclic) bond motifs is 4. The molecule has 2 saturated carbocycles. The zero-order valence-electron chi connectivity index (χ0n) is 16.9. The Morgan fingerprint density at radius 2 is 1.97 bits per heavy atom. The highest BCUT2D eigenvalue weighted by molar-refractivity contribution is 6.35. The van der Waals surface area contributed by atoms with Gasteiger partial charge in [-0.25, -0.2) is 9.97 Å². The van der Waals surface area contributed by atoms with Crippen molar-refractivity contribution in [3.8, 4) is 17.1 Å². The van der Waals surface area contributed by atoms with Crippen LogP contribution in [0.2, 0.25) is 5.02 Å². The normalized spacial score (nSPS) is 25.2. The van der Waals surface area contributed by atoms with E-state index in [1.807, 2.05) is 24.5 Å². The van der Waals surface area contributed by atoms with Gasteiger partial charge in [0.2, 0.25) is 0 Å². The summed E-state index contributed by atoms with van der Waals surface area (Å²) in [5.41, 5.74) is 7.64. The summed E-state index contributed by atoms with van der Waals surface area (Å²) in [4.78, 5) is 13.9. The van der Waals surface area contributed by atoms with E-state index < -0.39 is 0 Å². The molecule has 2 aromatic heterocycles. The second kappa shape index (κ2) is 5.95. The molecule has 5 nitrogen and oxygen atoms in total. The van der Waals surface area contributed by atoms with Gasteiger partial charge in [-0.1, -0.05) is 35.9 Å². The van der Waals surface area contributed by atoms with Gasteiger partial charge in [0.1, 0.15) is 12.0 Å². The Kier molecular flexibility index (Phi) is 3.36. The highest BCUT2D eigenvalue weighted by Crippen LogP contribution is 2.75. The highest BCUT2D eigenvalue weighted by atomic mass is 35.5. The fourth-order valence-corrected chi connectivity index (χ4v) is 5.31. The van der Waals surface area contributed by atoms with Crippen molar-refractivity contribution in [1.29, 1.82) is 0 Å². The molecular formula is C25H19ClN4O. The fraction of sp³-hybridized carbons (Fsp3) is 0.240. The molecule has 1 atom stereocenters. The third kappa shape index (κ3) is 2.41. The van der Waals surface area contributed by atoms with Crippen LogP contribution in [0.15, 0.2) is 70.8 Å². The van der Waals surface area contributed by atoms with Crippen molar-refractivity contribution in [2.24, 2.45) is 10.9 Å². The summed E-state index contributed by atoms with van der Waals surface area (Å²) >= 11 is 6.65. The number of rotatable bonds is 3. The number of aromatic nitrogens is 3. The van der Waals surface area contributed by atoms with Crippen molar-refractivity contribution in [1.82, 2.24) is 14.5 Å². The smallest absolute Gasteiger partial charge is 0.181 e. The number of hydrogen-bond donors (Lipinski definition) is 0. The van der Waals surface area contributed by atoms with Crippen molar-refractivity contribution in [3.63, 3.8) is 0 Å². The van der Waals surface area contributed by atoms with Gasteiger partial charge in [-0.15, -0.1) is 0 Å². The summed E-state index contributed by atoms with van der Waals surface area (Å²) in [6.45, 7) is 2.09. The summed E-state index contributed by atoms with van der Waals surface area (Å²) in [6.07, 6.45) is 7.62. The summed E-state index contributed by atoms with van der Waals surface area (Å²) in [5, 5.41) is 0.707. The Hall–Kier alpha value is -3.18. The van der Waals surface area contributed by atoms with Crippen LogP contribution in [0.25, 0.3) is 17.1 Å². The molecule has 2 fully saturated rings. The predicted octanol–water partition coefficient (Wildman–Crippen LogP) is 5.75. The van der Waals surface area contributed by atoms with Crippen LogP contribution >= 0.6 is 11.6 Å². The lowest BCUT2D eigenvalue weighted by atomic mass is 9.94. The molecule has 0 bridgehead atoms. The maximum Gasteiger partial charge on any atom is 0.181 e. The summed E-state index contributed by atoms with van der Waals surface area (Å²) in [5.74, 6) is 1.52. The number of aliphatic imine (C=N–C) groups is 1. The standard InChI is InChI=1S/C25H19ClN4O/c1-14-24-23(21-11-27-13-31-21)28-12-30(24)20-7-6-15(25-9-16(25)10-25)8-18(20)22(29-14)17-4-2-3-5-19(17)26/h2-8,11-14,16H,9-10H2,1H3/t14-,16-,25+/m1/s1. The molecule has 2 aliphatic carbocycles. The first kappa shape index (κ1) is 17.5. The third-order valence-electron chi connectivity index (χ3n) is 7.09. The maximum atomic E-state index is 6.65. The Labute approximate surface area is 184 Å². The number of imidazole rings is 1. The van der Waals surface area contributed by atoms with E-state index >= 15 is 0 Å². The van der Waals surface area contributed by atoms with Gasteiger partial charge < -0.3 is 4.42 Å². The van der Waals surface area contributed by atoms with Crippen molar-refractivity contribution >= 4 is 17.3 Å². The lowest BCUT2D eigenvalue weighted by molar-refractivity contribution is 0.568. The molecule has 2 aromatic carbocycles. The first-order valence-electron chi connectivity index (χ1n) is 10.6. The molecule has 0 saturated heterocycles. The lowest BCUT2D eigenvalue weighted by Gasteiger charge is -2.15. The molecule has 6 heteroatoms. The minimum atomic E-state index is -0.141. The Morgan fingerprint density at radius 1 is 1.13 bits per heavy atom. The van der Waals surface area contributed by atoms with Crippen LogP contribution in [-0.4, -0.2) is 20.2 Å². The first-order valence-corrected chi connectivity index (χ1v) is 11.0. The van der Waals surface area contributed by atoms with E-state index in [2.05, 4.69) is 45.7 Å². The minimum Gasteiger partial charge on any atom is -0.442 e. The lowest BCUT2D eigenvalue weighted by Crippen LogP contribution is -2.09. The van der Waals surface area contributed by atoms with Crippen LogP contribution < -0.4 is 0 Å². The maximum absolute atomic E-state index is 6.65. The van der Waals surface area contributed by atoms with Crippen LogP contribution in [0.4, 0.5) is 0 Å². The Morgan fingerprint density at radius 3 is 2.71 bits per heavy atom. The average molecular weight is 427 g/mol. The van der Waals surface area contributed by atoms with Gasteiger partial charge in [0.15, 0.2) is 12.2 Å². The SMILES string of the molecule is C[C@H]1N=C(c2ccccc2Cl)c2cc([C@]34C[C@H]3C4)ccc2-n2cnc(-c3cnco3)c21. The van der Waals surface area contributed by atoms with E-state index in [4.69, 9.17) is 21.0 Å². The van der Waals surface area contributed by atoms with Crippen LogP contribution in [0, 0.1) is 5.92 Å². The number of benzene rings is 2. The molecule has 0 N–H and O–H groups in total. The van der Waals surface area contributed by atoms with Crippen molar-refractivity contribution < 1.29 is 4.42 Å². The van der Waals surface area contributed by atoms with Gasteiger partial charge in [0, 0.05) is 16.1 Å². The second-order valence-corrected chi connectivity index (χ2v) is 9.25. The molecule has 3 heterocycles. The minimum absolute atomic E-state index is 0.141. The zero-order chi connectivity index (χ0) is 20.7. The molecule has 31 heavy (non-hydrogen) atoms. The first-order chi connectivity index (χ1) is 15.2. The average Bonchev–Trinajstić information content (AvgIpc) is 3.48. The van der Waals surface area contributed by atoms with Crippen molar-refractivity contribution in [2.45, 2.75) is 31.2 Å². The van der Waals surface area contributed by atoms with Gasteiger partial charge >= 0.3 is 0 Å². The van der Waals surface area contributed by atoms with Crippen LogP contribution in [0.5, 0.6) is 0 Å². The topological polar surface area (TPSA) is 56.2 Å². The van der Waals surface area contributed by atoms with Gasteiger partial charge in [-0.3, -0.25) is 9.56 Å². The molecule has 0 unspecified atom stereocenters. The molecule has 1 aliphatic heterocycles. The third-order valence-corrected chi connectivity index (χ3v) is 7.42. The van der Waals surface area contributed by atoms with Gasteiger partial charge in [-0.05, 0) is 54.9 Å². The van der Waals surface area contributed by atoms with E-state index in [0.717, 1.165) is 39.8 Å². The highest BCUT2D eigenvalue weighted by Gasteiger charge is 2.70. The van der Waals surface area contributed by atoms with Crippen LogP contribution in [0.1, 0.15) is 48.2 Å². The number of nitrogens with zero attached hydrogens (tertiary/aromatic N) is 4. The van der Waals surface area contributed by atoms with Gasteiger partial charge in [0.05, 0.1) is 29.3 Å². The van der Waals surface area contributed by atoms with E-state index in [9.17, 15) is 0 Å². The number of halogens is 1. The molecule has 0 spiro atoms. The number of oxazole rings is 1. The van der Waals surface area contributed by atoms with E-state index in [-0.39, 0.29) is 6.04 Å². The predicted molar refractivity (Wildman–Crippen MR) is 119 cm³/mol. The van der Waals surface area contributed by atoms with E-state index in [1.54, 1.807) is 6.20 Å². The summed E-state index contributed by atoms with van der Waals surface area (Å²) < 4.78 is 7.72. The molecule has 7 rings (SSSR count). The molecule has 0 amide bonds. The van der Waals surface area contributed by atoms with E-state index in [0.29, 0.717) is 16.2 Å². The van der Waals surface area contributed by atoms with Crippen LogP contribution in [0.3, 0.4) is 0 Å². The van der Waals surface area contributed by atoms with Crippen molar-refractivity contribution in [2.75, 3.05) is 0 Å². The largest absolute Gasteiger partial charge is 0.442 e. The van der Waals surface area contributed by atoms with Gasteiger partial charge in [0.25, 0.3) is 0 Å². The second-order valence-electron chi connectivity index (χ2n) is 8.84. The molecule has 152 valence electrons. The molecule has 4 aromatic rings. The molecule has 3 aliphatic rings. The zero-order valence-corrected chi connectivity index (χ0v) is 17.7. The summed E-state index contributed by atoms with van der Waals surface area (Å²) in [6, 6.07) is 14.6. The molecule has 0 radical (unpaired) electrons. The quantitative estimate of drug-likeness (QED) is 0.419. The molecular weight excluding hydrogens is 408 g/mol. The fourth-order valence-electron chi connectivity index (χ4n) is 5.08. The summed E-state index contributed by atoms with van der Waals surface area (Å²) in [7, 11) is 0.